The number of anilines is 1. The van der Waals surface area contributed by atoms with Crippen LogP contribution < -0.4 is 10.2 Å². The van der Waals surface area contributed by atoms with Crippen molar-refractivity contribution in [1.82, 2.24) is 10.3 Å². The summed E-state index contributed by atoms with van der Waals surface area (Å²) in [7, 11) is -3.66. The molecule has 1 aliphatic heterocycles. The molecule has 1 aliphatic rings. The fourth-order valence-corrected chi connectivity index (χ4v) is 5.52. The molecule has 1 fully saturated rings. The molecular weight excluding hydrogens is 382 g/mol. The lowest BCUT2D eigenvalue weighted by Gasteiger charge is -2.30. The van der Waals surface area contributed by atoms with E-state index in [9.17, 15) is 8.42 Å². The molecule has 29 heavy (non-hydrogen) atoms. The van der Waals surface area contributed by atoms with Crippen LogP contribution in [0.15, 0.2) is 82.7 Å². The van der Waals surface area contributed by atoms with Crippen molar-refractivity contribution in [3.8, 4) is 0 Å². The van der Waals surface area contributed by atoms with Crippen molar-refractivity contribution in [2.75, 3.05) is 31.1 Å². The second kappa shape index (κ2) is 7.13. The highest BCUT2D eigenvalue weighted by molar-refractivity contribution is 7.91. The van der Waals surface area contributed by atoms with Crippen molar-refractivity contribution in [2.24, 2.45) is 0 Å². The third-order valence-electron chi connectivity index (χ3n) is 5.50. The van der Waals surface area contributed by atoms with Crippen LogP contribution in [0, 0.1) is 0 Å². The van der Waals surface area contributed by atoms with Crippen molar-refractivity contribution < 1.29 is 8.42 Å². The van der Waals surface area contributed by atoms with Gasteiger partial charge >= 0.3 is 0 Å². The third kappa shape index (κ3) is 3.14. The van der Waals surface area contributed by atoms with E-state index in [0.29, 0.717) is 9.79 Å². The molecule has 0 saturated carbocycles. The van der Waals surface area contributed by atoms with Gasteiger partial charge in [-0.25, -0.2) is 8.42 Å². The van der Waals surface area contributed by atoms with Gasteiger partial charge in [0, 0.05) is 48.8 Å². The molecule has 1 N–H and O–H groups in total. The van der Waals surface area contributed by atoms with E-state index in [4.69, 9.17) is 0 Å². The molecule has 0 atom stereocenters. The molecule has 1 aromatic heterocycles. The second-order valence-corrected chi connectivity index (χ2v) is 9.14. The molecule has 4 aromatic rings. The van der Waals surface area contributed by atoms with Crippen molar-refractivity contribution in [3.05, 3.63) is 72.9 Å². The number of hydrogen-bond acceptors (Lipinski definition) is 5. The summed E-state index contributed by atoms with van der Waals surface area (Å²) >= 11 is 0. The van der Waals surface area contributed by atoms with Crippen LogP contribution in [0.1, 0.15) is 0 Å². The fourth-order valence-electron chi connectivity index (χ4n) is 4.02. The normalized spacial score (nSPS) is 15.1. The zero-order chi connectivity index (χ0) is 19.8. The summed E-state index contributed by atoms with van der Waals surface area (Å²) in [6.45, 7) is 3.61. The number of rotatable bonds is 3. The molecule has 0 aliphatic carbocycles. The molecule has 5 nitrogen and oxygen atoms in total. The van der Waals surface area contributed by atoms with E-state index < -0.39 is 9.84 Å². The first-order chi connectivity index (χ1) is 14.1. The Bertz CT molecular complexity index is 1310. The van der Waals surface area contributed by atoms with Crippen molar-refractivity contribution in [1.29, 1.82) is 0 Å². The summed E-state index contributed by atoms with van der Waals surface area (Å²) in [6, 6.07) is 20.2. The van der Waals surface area contributed by atoms with Gasteiger partial charge in [-0.1, -0.05) is 36.4 Å². The Morgan fingerprint density at radius 3 is 2.52 bits per heavy atom. The highest BCUT2D eigenvalue weighted by Crippen LogP contribution is 2.32. The summed E-state index contributed by atoms with van der Waals surface area (Å²) in [5, 5.41) is 5.88. The van der Waals surface area contributed by atoms with Gasteiger partial charge in [0.15, 0.2) is 0 Å². The van der Waals surface area contributed by atoms with E-state index in [1.54, 1.807) is 36.5 Å². The molecule has 0 radical (unpaired) electrons. The first-order valence-corrected chi connectivity index (χ1v) is 11.2. The van der Waals surface area contributed by atoms with E-state index in [2.05, 4.69) is 15.2 Å². The lowest BCUT2D eigenvalue weighted by molar-refractivity contribution is 0.590. The molecule has 6 heteroatoms. The van der Waals surface area contributed by atoms with Crippen molar-refractivity contribution in [3.63, 3.8) is 0 Å². The van der Waals surface area contributed by atoms with Gasteiger partial charge in [0.1, 0.15) is 0 Å². The SMILES string of the molecule is O=S(=O)(c1ccc2nccc(N3CCNCC3)c2c1)c1cccc2ccccc12. The minimum Gasteiger partial charge on any atom is -0.368 e. The predicted molar refractivity (Wildman–Crippen MR) is 116 cm³/mol. The van der Waals surface area contributed by atoms with Gasteiger partial charge in [-0.05, 0) is 35.7 Å². The summed E-state index contributed by atoms with van der Waals surface area (Å²) in [6.07, 6.45) is 1.79. The van der Waals surface area contributed by atoms with Gasteiger partial charge in [0.05, 0.1) is 15.3 Å². The second-order valence-electron chi connectivity index (χ2n) is 7.23. The van der Waals surface area contributed by atoms with Crippen LogP contribution in [0.4, 0.5) is 5.69 Å². The Hall–Kier alpha value is -2.96. The summed E-state index contributed by atoms with van der Waals surface area (Å²) in [4.78, 5) is 7.36. The molecule has 1 saturated heterocycles. The zero-order valence-electron chi connectivity index (χ0n) is 15.9. The van der Waals surface area contributed by atoms with Crippen LogP contribution in [0.5, 0.6) is 0 Å². The van der Waals surface area contributed by atoms with Gasteiger partial charge in [-0.15, -0.1) is 0 Å². The standard InChI is InChI=1S/C23H21N3O2S/c27-29(28,23-7-3-5-17-4-1-2-6-19(17)23)18-8-9-21-20(16-18)22(10-11-25-21)26-14-12-24-13-15-26/h1-11,16,24H,12-15H2. The Balaban J connectivity index is 1.68. The van der Waals surface area contributed by atoms with Crippen LogP contribution >= 0.6 is 0 Å². The Labute approximate surface area is 169 Å². The third-order valence-corrected chi connectivity index (χ3v) is 7.31. The smallest absolute Gasteiger partial charge is 0.207 e. The Morgan fingerprint density at radius 1 is 0.862 bits per heavy atom. The molecule has 0 spiro atoms. The molecule has 3 aromatic carbocycles. The van der Waals surface area contributed by atoms with Crippen LogP contribution in [0.2, 0.25) is 0 Å². The maximum Gasteiger partial charge on any atom is 0.207 e. The fraction of sp³-hybridized carbons (Fsp3) is 0.174. The average molecular weight is 404 g/mol. The number of aromatic nitrogens is 1. The van der Waals surface area contributed by atoms with E-state index in [1.807, 2.05) is 36.4 Å². The van der Waals surface area contributed by atoms with Crippen LogP contribution in [0.25, 0.3) is 21.7 Å². The van der Waals surface area contributed by atoms with Crippen LogP contribution in [-0.2, 0) is 9.84 Å². The summed E-state index contributed by atoms with van der Waals surface area (Å²) in [5.41, 5.74) is 1.84. The molecule has 0 amide bonds. The monoisotopic (exact) mass is 403 g/mol. The van der Waals surface area contributed by atoms with Gasteiger partial charge in [-0.2, -0.15) is 0 Å². The molecule has 0 bridgehead atoms. The van der Waals surface area contributed by atoms with Crippen molar-refractivity contribution >= 4 is 37.2 Å². The number of piperazine rings is 1. The number of nitrogens with zero attached hydrogens (tertiary/aromatic N) is 2. The van der Waals surface area contributed by atoms with E-state index in [-0.39, 0.29) is 0 Å². The number of hydrogen-bond donors (Lipinski definition) is 1. The summed E-state index contributed by atoms with van der Waals surface area (Å²) < 4.78 is 27.1. The molecule has 0 unspecified atom stereocenters. The van der Waals surface area contributed by atoms with Gasteiger partial charge < -0.3 is 10.2 Å². The van der Waals surface area contributed by atoms with Gasteiger partial charge in [-0.3, -0.25) is 4.98 Å². The van der Waals surface area contributed by atoms with Gasteiger partial charge in [0.2, 0.25) is 9.84 Å². The van der Waals surface area contributed by atoms with E-state index in [1.165, 1.54) is 0 Å². The number of fused-ring (bicyclic) bond motifs is 2. The molecular formula is C23H21N3O2S. The lowest BCUT2D eigenvalue weighted by Crippen LogP contribution is -2.43. The maximum atomic E-state index is 13.5. The Morgan fingerprint density at radius 2 is 1.66 bits per heavy atom. The highest BCUT2D eigenvalue weighted by atomic mass is 32.2. The largest absolute Gasteiger partial charge is 0.368 e. The quantitative estimate of drug-likeness (QED) is 0.566. The zero-order valence-corrected chi connectivity index (χ0v) is 16.7. The first kappa shape index (κ1) is 18.1. The van der Waals surface area contributed by atoms with Crippen LogP contribution in [-0.4, -0.2) is 39.6 Å². The number of nitrogens with one attached hydrogen (secondary N) is 1. The maximum absolute atomic E-state index is 13.5. The lowest BCUT2D eigenvalue weighted by atomic mass is 10.1. The van der Waals surface area contributed by atoms with Crippen molar-refractivity contribution in [2.45, 2.75) is 9.79 Å². The minimum atomic E-state index is -3.66. The van der Waals surface area contributed by atoms with E-state index in [0.717, 1.165) is 53.5 Å². The number of benzene rings is 3. The molecule has 146 valence electrons. The highest BCUT2D eigenvalue weighted by Gasteiger charge is 2.22. The van der Waals surface area contributed by atoms with Crippen LogP contribution in [0.3, 0.4) is 0 Å². The summed E-state index contributed by atoms with van der Waals surface area (Å²) in [5.74, 6) is 0. The number of pyridine rings is 1. The van der Waals surface area contributed by atoms with Gasteiger partial charge in [0.25, 0.3) is 0 Å². The predicted octanol–water partition coefficient (Wildman–Crippen LogP) is 3.63. The molecule has 2 heterocycles. The topological polar surface area (TPSA) is 62.3 Å². The number of sulfone groups is 1. The minimum absolute atomic E-state index is 0.297. The molecule has 5 rings (SSSR count). The van der Waals surface area contributed by atoms with E-state index >= 15 is 0 Å². The Kier molecular flexibility index (Phi) is 4.45. The average Bonchev–Trinajstić information content (AvgIpc) is 2.78. The first-order valence-electron chi connectivity index (χ1n) is 9.72.